The summed E-state index contributed by atoms with van der Waals surface area (Å²) in [5.74, 6) is 1.57. The molecule has 0 aliphatic heterocycles. The van der Waals surface area contributed by atoms with E-state index in [1.54, 1.807) is 14.2 Å². The predicted octanol–water partition coefficient (Wildman–Crippen LogP) is 3.80. The third-order valence-corrected chi connectivity index (χ3v) is 4.02. The molecule has 2 N–H and O–H groups in total. The molecule has 7 heteroatoms. The summed E-state index contributed by atoms with van der Waals surface area (Å²) in [6.07, 6.45) is 4.56. The van der Waals surface area contributed by atoms with Crippen molar-refractivity contribution in [1.29, 1.82) is 0 Å². The molecule has 0 aliphatic carbocycles. The van der Waals surface area contributed by atoms with Gasteiger partial charge < -0.3 is 20.1 Å². The molecule has 0 fully saturated rings. The van der Waals surface area contributed by atoms with Crippen molar-refractivity contribution in [2.45, 2.75) is 52.5 Å². The Bertz CT molecular complexity index is 580. The van der Waals surface area contributed by atoms with E-state index in [1.807, 2.05) is 19.9 Å². The highest BCUT2D eigenvalue weighted by Crippen LogP contribution is 2.19. The smallest absolute Gasteiger partial charge is 0.305 e. The standard InChI is InChI=1S/C20H33N3O3.HI/c1-5-26-19(24)10-8-6-7-9-13-22-20(21-3)23-15-17-12-11-16(2)14-18(17)25-4;/h11-12,14H,5-10,13,15H2,1-4H3,(H2,21,22,23);1H. The van der Waals surface area contributed by atoms with Gasteiger partial charge in [0.2, 0.25) is 0 Å². The monoisotopic (exact) mass is 491 g/mol. The Morgan fingerprint density at radius 3 is 2.56 bits per heavy atom. The zero-order valence-corrected chi connectivity index (χ0v) is 19.3. The maximum atomic E-state index is 11.2. The second kappa shape index (κ2) is 15.5. The Balaban J connectivity index is 0.00000676. The van der Waals surface area contributed by atoms with E-state index in [-0.39, 0.29) is 29.9 Å². The highest BCUT2D eigenvalue weighted by atomic mass is 127. The van der Waals surface area contributed by atoms with Crippen LogP contribution in [0.15, 0.2) is 23.2 Å². The van der Waals surface area contributed by atoms with Crippen molar-refractivity contribution >= 4 is 35.9 Å². The Hall–Kier alpha value is -1.51. The van der Waals surface area contributed by atoms with Crippen molar-refractivity contribution in [3.8, 4) is 5.75 Å². The topological polar surface area (TPSA) is 72.0 Å². The van der Waals surface area contributed by atoms with E-state index in [1.165, 1.54) is 5.56 Å². The van der Waals surface area contributed by atoms with Gasteiger partial charge in [-0.3, -0.25) is 9.79 Å². The Kier molecular flexibility index (Phi) is 14.7. The summed E-state index contributed by atoms with van der Waals surface area (Å²) < 4.78 is 10.3. The molecular formula is C20H34IN3O3. The number of halogens is 1. The normalized spacial score (nSPS) is 10.7. The zero-order chi connectivity index (χ0) is 19.2. The van der Waals surface area contributed by atoms with Gasteiger partial charge in [-0.1, -0.05) is 25.0 Å². The van der Waals surface area contributed by atoms with Gasteiger partial charge in [-0.05, 0) is 38.3 Å². The van der Waals surface area contributed by atoms with Crippen LogP contribution in [-0.2, 0) is 16.1 Å². The van der Waals surface area contributed by atoms with E-state index in [0.29, 0.717) is 19.6 Å². The molecule has 0 saturated carbocycles. The molecule has 1 aromatic carbocycles. The number of unbranched alkanes of at least 4 members (excludes halogenated alkanes) is 3. The van der Waals surface area contributed by atoms with Crippen molar-refractivity contribution < 1.29 is 14.3 Å². The van der Waals surface area contributed by atoms with Gasteiger partial charge in [0.05, 0.1) is 13.7 Å². The molecule has 0 aliphatic rings. The molecule has 6 nitrogen and oxygen atoms in total. The SMILES string of the molecule is CCOC(=O)CCCCCCNC(=NC)NCc1ccc(C)cc1OC.I. The van der Waals surface area contributed by atoms with E-state index in [4.69, 9.17) is 9.47 Å². The van der Waals surface area contributed by atoms with Crippen LogP contribution in [0.4, 0.5) is 0 Å². The quantitative estimate of drug-likeness (QED) is 0.162. The van der Waals surface area contributed by atoms with Crippen molar-refractivity contribution in [3.63, 3.8) is 0 Å². The number of aryl methyl sites for hydroxylation is 1. The molecule has 0 bridgehead atoms. The number of hydrogen-bond acceptors (Lipinski definition) is 4. The van der Waals surface area contributed by atoms with E-state index < -0.39 is 0 Å². The number of hydrogen-bond donors (Lipinski definition) is 2. The summed E-state index contributed by atoms with van der Waals surface area (Å²) in [6.45, 7) is 5.85. The van der Waals surface area contributed by atoms with Crippen LogP contribution in [0.1, 0.15) is 50.2 Å². The molecule has 0 saturated heterocycles. The zero-order valence-electron chi connectivity index (χ0n) is 17.0. The van der Waals surface area contributed by atoms with Crippen LogP contribution in [0.5, 0.6) is 5.75 Å². The molecule has 0 spiro atoms. The third-order valence-electron chi connectivity index (χ3n) is 4.02. The maximum absolute atomic E-state index is 11.2. The first-order chi connectivity index (χ1) is 12.6. The minimum absolute atomic E-state index is 0. The lowest BCUT2D eigenvalue weighted by atomic mass is 10.1. The number of carbonyl (C=O) groups excluding carboxylic acids is 1. The van der Waals surface area contributed by atoms with Gasteiger partial charge in [0, 0.05) is 32.1 Å². The predicted molar refractivity (Wildman–Crippen MR) is 121 cm³/mol. The second-order valence-corrected chi connectivity index (χ2v) is 6.14. The van der Waals surface area contributed by atoms with Crippen LogP contribution < -0.4 is 15.4 Å². The molecule has 0 heterocycles. The van der Waals surface area contributed by atoms with Crippen LogP contribution in [0, 0.1) is 6.92 Å². The van der Waals surface area contributed by atoms with Crippen LogP contribution in [-0.4, -0.2) is 39.2 Å². The number of nitrogens with one attached hydrogen (secondary N) is 2. The average molecular weight is 491 g/mol. The number of carbonyl (C=O) groups is 1. The van der Waals surface area contributed by atoms with Gasteiger partial charge in [-0.15, -0.1) is 24.0 Å². The molecule has 27 heavy (non-hydrogen) atoms. The van der Waals surface area contributed by atoms with E-state index in [2.05, 4.69) is 27.8 Å². The van der Waals surface area contributed by atoms with Crippen LogP contribution in [0.25, 0.3) is 0 Å². The van der Waals surface area contributed by atoms with E-state index in [0.717, 1.165) is 49.5 Å². The largest absolute Gasteiger partial charge is 0.496 e. The summed E-state index contributed by atoms with van der Waals surface area (Å²) in [4.78, 5) is 15.5. The summed E-state index contributed by atoms with van der Waals surface area (Å²) in [5.41, 5.74) is 2.27. The molecule has 0 radical (unpaired) electrons. The fourth-order valence-corrected chi connectivity index (χ4v) is 2.59. The second-order valence-electron chi connectivity index (χ2n) is 6.14. The minimum Gasteiger partial charge on any atom is -0.496 e. The molecule has 0 atom stereocenters. The lowest BCUT2D eigenvalue weighted by Gasteiger charge is -2.14. The number of guanidine groups is 1. The van der Waals surface area contributed by atoms with Crippen molar-refractivity contribution in [2.75, 3.05) is 27.3 Å². The number of benzene rings is 1. The number of esters is 1. The van der Waals surface area contributed by atoms with Crippen LogP contribution in [0.2, 0.25) is 0 Å². The molecule has 0 amide bonds. The Morgan fingerprint density at radius 2 is 1.89 bits per heavy atom. The number of aliphatic imine (C=N–C) groups is 1. The molecular weight excluding hydrogens is 457 g/mol. The molecule has 0 unspecified atom stereocenters. The summed E-state index contributed by atoms with van der Waals surface area (Å²) in [6, 6.07) is 6.17. The molecule has 1 aromatic rings. The number of methoxy groups -OCH3 is 1. The fourth-order valence-electron chi connectivity index (χ4n) is 2.59. The van der Waals surface area contributed by atoms with Gasteiger partial charge in [0.15, 0.2) is 5.96 Å². The van der Waals surface area contributed by atoms with Crippen molar-refractivity contribution in [3.05, 3.63) is 29.3 Å². The first-order valence-corrected chi connectivity index (χ1v) is 9.34. The molecule has 1 rings (SSSR count). The molecule has 0 aromatic heterocycles. The maximum Gasteiger partial charge on any atom is 0.305 e. The number of nitrogens with zero attached hydrogens (tertiary/aromatic N) is 1. The summed E-state index contributed by atoms with van der Waals surface area (Å²) in [7, 11) is 3.45. The lowest BCUT2D eigenvalue weighted by molar-refractivity contribution is -0.143. The van der Waals surface area contributed by atoms with Gasteiger partial charge in [0.25, 0.3) is 0 Å². The van der Waals surface area contributed by atoms with E-state index in [9.17, 15) is 4.79 Å². The lowest BCUT2D eigenvalue weighted by Crippen LogP contribution is -2.37. The number of rotatable bonds is 11. The third kappa shape index (κ3) is 11.0. The van der Waals surface area contributed by atoms with Crippen LogP contribution >= 0.6 is 24.0 Å². The first-order valence-electron chi connectivity index (χ1n) is 9.34. The van der Waals surface area contributed by atoms with Gasteiger partial charge >= 0.3 is 5.97 Å². The average Bonchev–Trinajstić information content (AvgIpc) is 2.64. The summed E-state index contributed by atoms with van der Waals surface area (Å²) in [5, 5.41) is 6.62. The van der Waals surface area contributed by atoms with E-state index >= 15 is 0 Å². The molecule has 154 valence electrons. The van der Waals surface area contributed by atoms with Crippen molar-refractivity contribution in [1.82, 2.24) is 10.6 Å². The first kappa shape index (κ1) is 25.5. The van der Waals surface area contributed by atoms with Crippen LogP contribution in [0.3, 0.4) is 0 Å². The highest BCUT2D eigenvalue weighted by molar-refractivity contribution is 14.0. The summed E-state index contributed by atoms with van der Waals surface area (Å²) >= 11 is 0. The van der Waals surface area contributed by atoms with Crippen molar-refractivity contribution in [2.24, 2.45) is 4.99 Å². The number of ether oxygens (including phenoxy) is 2. The van der Waals surface area contributed by atoms with Gasteiger partial charge in [-0.2, -0.15) is 0 Å². The Labute approximate surface area is 180 Å². The van der Waals surface area contributed by atoms with Gasteiger partial charge in [-0.25, -0.2) is 0 Å². The minimum atomic E-state index is -0.0956. The fraction of sp³-hybridized carbons (Fsp3) is 0.600. The Morgan fingerprint density at radius 1 is 1.15 bits per heavy atom. The highest BCUT2D eigenvalue weighted by Gasteiger charge is 2.05. The van der Waals surface area contributed by atoms with Gasteiger partial charge in [0.1, 0.15) is 5.75 Å².